The lowest BCUT2D eigenvalue weighted by molar-refractivity contribution is 0.100. The highest BCUT2D eigenvalue weighted by molar-refractivity contribution is 6.06. The number of amides is 1. The largest absolute Gasteiger partial charge is 0.492 e. The number of nitrogens with zero attached hydrogens (tertiary/aromatic N) is 1. The van der Waals surface area contributed by atoms with Gasteiger partial charge in [0.05, 0.1) is 6.61 Å². The molecular weight excluding hydrogens is 314 g/mol. The van der Waals surface area contributed by atoms with E-state index in [2.05, 4.69) is 11.1 Å². The van der Waals surface area contributed by atoms with Gasteiger partial charge in [-0.15, -0.1) is 0 Å². The average molecular weight is 331 g/mol. The first-order chi connectivity index (χ1) is 12.1. The number of aliphatic imine (C=N–C) groups is 1. The van der Waals surface area contributed by atoms with Gasteiger partial charge in [0.25, 0.3) is 5.91 Å². The number of carbonyl (C=O) groups is 1. The molecule has 1 aliphatic heterocycles. The fourth-order valence-corrected chi connectivity index (χ4v) is 3.25. The molecule has 0 aromatic heterocycles. The molecule has 25 heavy (non-hydrogen) atoms. The molecule has 4 rings (SSSR count). The molecule has 0 bridgehead atoms. The van der Waals surface area contributed by atoms with Gasteiger partial charge in [0.1, 0.15) is 5.75 Å². The summed E-state index contributed by atoms with van der Waals surface area (Å²) in [6.07, 6.45) is 0.919. The lowest BCUT2D eigenvalue weighted by atomic mass is 9.94. The topological polar surface area (TPSA) is 90.7 Å². The summed E-state index contributed by atoms with van der Waals surface area (Å²) in [5, 5.41) is 2.00. The van der Waals surface area contributed by atoms with E-state index in [-0.39, 0.29) is 5.96 Å². The third-order valence-electron chi connectivity index (χ3n) is 4.36. The molecule has 5 heteroatoms. The van der Waals surface area contributed by atoms with Crippen LogP contribution in [-0.4, -0.2) is 18.5 Å². The van der Waals surface area contributed by atoms with Gasteiger partial charge >= 0.3 is 0 Å². The van der Waals surface area contributed by atoms with E-state index in [9.17, 15) is 4.79 Å². The van der Waals surface area contributed by atoms with E-state index >= 15 is 0 Å². The quantitative estimate of drug-likeness (QED) is 0.558. The second-order valence-electron chi connectivity index (χ2n) is 5.98. The molecule has 0 saturated carbocycles. The minimum absolute atomic E-state index is 0.243. The monoisotopic (exact) mass is 331 g/mol. The van der Waals surface area contributed by atoms with Crippen molar-refractivity contribution in [3.8, 4) is 16.9 Å². The third-order valence-corrected chi connectivity index (χ3v) is 4.36. The molecule has 0 radical (unpaired) electrons. The van der Waals surface area contributed by atoms with E-state index in [0.29, 0.717) is 12.2 Å². The van der Waals surface area contributed by atoms with Gasteiger partial charge < -0.3 is 16.2 Å². The van der Waals surface area contributed by atoms with Crippen molar-refractivity contribution in [2.24, 2.45) is 16.5 Å². The zero-order valence-corrected chi connectivity index (χ0v) is 13.5. The van der Waals surface area contributed by atoms with Crippen LogP contribution in [0.1, 0.15) is 15.9 Å². The molecule has 5 nitrogen and oxygen atoms in total. The lowest BCUT2D eigenvalue weighted by Gasteiger charge is -2.12. The van der Waals surface area contributed by atoms with E-state index in [4.69, 9.17) is 16.2 Å². The fourth-order valence-electron chi connectivity index (χ4n) is 3.25. The molecule has 0 atom stereocenters. The van der Waals surface area contributed by atoms with Crippen LogP contribution in [-0.2, 0) is 6.42 Å². The van der Waals surface area contributed by atoms with Crippen LogP contribution in [0.2, 0.25) is 0 Å². The van der Waals surface area contributed by atoms with Crippen molar-refractivity contribution in [2.75, 3.05) is 6.61 Å². The number of hydrogen-bond donors (Lipinski definition) is 2. The van der Waals surface area contributed by atoms with Crippen LogP contribution < -0.4 is 16.2 Å². The van der Waals surface area contributed by atoms with Crippen molar-refractivity contribution in [1.29, 1.82) is 0 Å². The van der Waals surface area contributed by atoms with Crippen molar-refractivity contribution in [2.45, 2.75) is 6.42 Å². The highest BCUT2D eigenvalue weighted by Crippen LogP contribution is 2.39. The first-order valence-corrected chi connectivity index (χ1v) is 8.05. The Morgan fingerprint density at radius 3 is 2.64 bits per heavy atom. The molecule has 1 amide bonds. The van der Waals surface area contributed by atoms with Gasteiger partial charge in [0.2, 0.25) is 0 Å². The second-order valence-corrected chi connectivity index (χ2v) is 5.98. The van der Waals surface area contributed by atoms with Crippen LogP contribution in [0.3, 0.4) is 0 Å². The molecule has 1 aliphatic rings. The van der Waals surface area contributed by atoms with Crippen LogP contribution in [0.15, 0.2) is 59.6 Å². The van der Waals surface area contributed by atoms with Gasteiger partial charge in [0, 0.05) is 17.5 Å². The van der Waals surface area contributed by atoms with E-state index in [0.717, 1.165) is 34.1 Å². The molecule has 0 aliphatic carbocycles. The number of hydrogen-bond acceptors (Lipinski definition) is 2. The standard InChI is InChI=1S/C20H17N3O2/c21-20(22)23-19(24)14-8-7-12-3-1-5-15(17(12)11-14)16-6-2-4-13-9-10-25-18(13)16/h1-8,11H,9-10H2,(H4,21,22,23,24). The van der Waals surface area contributed by atoms with Gasteiger partial charge in [-0.1, -0.05) is 42.5 Å². The summed E-state index contributed by atoms with van der Waals surface area (Å²) in [5.74, 6) is 0.231. The predicted molar refractivity (Wildman–Crippen MR) is 98.7 cm³/mol. The van der Waals surface area contributed by atoms with Gasteiger partial charge in [-0.2, -0.15) is 4.99 Å². The molecule has 0 fully saturated rings. The average Bonchev–Trinajstić information content (AvgIpc) is 3.09. The number of para-hydroxylation sites is 1. The summed E-state index contributed by atoms with van der Waals surface area (Å²) < 4.78 is 5.84. The number of nitrogens with two attached hydrogens (primary N) is 2. The minimum atomic E-state index is -0.453. The Morgan fingerprint density at radius 2 is 1.80 bits per heavy atom. The Morgan fingerprint density at radius 1 is 1.00 bits per heavy atom. The van der Waals surface area contributed by atoms with Gasteiger partial charge in [-0.3, -0.25) is 4.79 Å². The number of carbonyl (C=O) groups excluding carboxylic acids is 1. The Kier molecular flexibility index (Phi) is 3.61. The molecule has 1 heterocycles. The van der Waals surface area contributed by atoms with Crippen molar-refractivity contribution < 1.29 is 9.53 Å². The number of benzene rings is 3. The number of rotatable bonds is 2. The SMILES string of the molecule is NC(N)=NC(=O)c1ccc2cccc(-c3cccc4c3OCC4)c2c1. The van der Waals surface area contributed by atoms with Crippen LogP contribution in [0.5, 0.6) is 5.75 Å². The fraction of sp³-hybridized carbons (Fsp3) is 0.100. The van der Waals surface area contributed by atoms with Crippen molar-refractivity contribution in [3.05, 3.63) is 65.7 Å². The molecule has 0 saturated heterocycles. The first kappa shape index (κ1) is 15.2. The summed E-state index contributed by atoms with van der Waals surface area (Å²) >= 11 is 0. The van der Waals surface area contributed by atoms with Crippen LogP contribution >= 0.6 is 0 Å². The first-order valence-electron chi connectivity index (χ1n) is 8.05. The highest BCUT2D eigenvalue weighted by atomic mass is 16.5. The number of ether oxygens (including phenoxy) is 1. The van der Waals surface area contributed by atoms with Crippen molar-refractivity contribution in [3.63, 3.8) is 0 Å². The van der Waals surface area contributed by atoms with Gasteiger partial charge in [-0.25, -0.2) is 0 Å². The normalized spacial score (nSPS) is 12.5. The third kappa shape index (κ3) is 2.70. The van der Waals surface area contributed by atoms with E-state index < -0.39 is 5.91 Å². The number of fused-ring (bicyclic) bond motifs is 2. The second kappa shape index (κ2) is 5.94. The summed E-state index contributed by atoms with van der Waals surface area (Å²) in [4.78, 5) is 15.8. The zero-order valence-electron chi connectivity index (χ0n) is 13.5. The zero-order chi connectivity index (χ0) is 17.4. The summed E-state index contributed by atoms with van der Waals surface area (Å²) in [6, 6.07) is 17.7. The summed E-state index contributed by atoms with van der Waals surface area (Å²) in [7, 11) is 0. The maximum atomic E-state index is 12.2. The Balaban J connectivity index is 1.92. The van der Waals surface area contributed by atoms with Crippen molar-refractivity contribution in [1.82, 2.24) is 0 Å². The van der Waals surface area contributed by atoms with E-state index in [1.165, 1.54) is 5.56 Å². The van der Waals surface area contributed by atoms with E-state index in [1.54, 1.807) is 6.07 Å². The summed E-state index contributed by atoms with van der Waals surface area (Å²) in [5.41, 5.74) is 14.3. The van der Waals surface area contributed by atoms with Crippen LogP contribution in [0.4, 0.5) is 0 Å². The maximum Gasteiger partial charge on any atom is 0.280 e. The predicted octanol–water partition coefficient (Wildman–Crippen LogP) is 2.86. The molecule has 0 unspecified atom stereocenters. The Hall–Kier alpha value is -3.34. The summed E-state index contributed by atoms with van der Waals surface area (Å²) in [6.45, 7) is 0.700. The van der Waals surface area contributed by atoms with Crippen molar-refractivity contribution >= 4 is 22.6 Å². The smallest absolute Gasteiger partial charge is 0.280 e. The molecular formula is C20H17N3O2. The lowest BCUT2D eigenvalue weighted by Crippen LogP contribution is -2.24. The molecule has 3 aromatic rings. The highest BCUT2D eigenvalue weighted by Gasteiger charge is 2.18. The van der Waals surface area contributed by atoms with E-state index in [1.807, 2.05) is 42.5 Å². The van der Waals surface area contributed by atoms with Gasteiger partial charge in [0.15, 0.2) is 5.96 Å². The Labute approximate surface area is 144 Å². The molecule has 4 N–H and O–H groups in total. The van der Waals surface area contributed by atoms with Crippen LogP contribution in [0, 0.1) is 0 Å². The molecule has 124 valence electrons. The maximum absolute atomic E-state index is 12.2. The molecule has 0 spiro atoms. The Bertz CT molecular complexity index is 1020. The minimum Gasteiger partial charge on any atom is -0.492 e. The van der Waals surface area contributed by atoms with Crippen LogP contribution in [0.25, 0.3) is 21.9 Å². The molecule has 3 aromatic carbocycles. The number of guanidine groups is 1. The van der Waals surface area contributed by atoms with Gasteiger partial charge in [-0.05, 0) is 34.0 Å².